The highest BCUT2D eigenvalue weighted by Gasteiger charge is 2.16. The van der Waals surface area contributed by atoms with Crippen molar-refractivity contribution < 1.29 is 22.7 Å². The van der Waals surface area contributed by atoms with Crippen LogP contribution >= 0.6 is 0 Å². The second-order valence-corrected chi connectivity index (χ2v) is 5.12. The summed E-state index contributed by atoms with van der Waals surface area (Å²) < 4.78 is 45.3. The summed E-state index contributed by atoms with van der Waals surface area (Å²) in [5, 5.41) is 2.50. The van der Waals surface area contributed by atoms with Crippen molar-refractivity contribution in [3.05, 3.63) is 89.7 Å². The lowest BCUT2D eigenvalue weighted by atomic mass is 10.2. The van der Waals surface area contributed by atoms with Crippen molar-refractivity contribution >= 4 is 11.6 Å². The maximum absolute atomic E-state index is 13.3. The highest BCUT2D eigenvalue weighted by Crippen LogP contribution is 2.29. The first-order valence-electron chi connectivity index (χ1n) is 7.32. The molecule has 0 fully saturated rings. The Balaban J connectivity index is 1.85. The van der Waals surface area contributed by atoms with E-state index < -0.39 is 23.4 Å². The molecule has 0 spiro atoms. The second kappa shape index (κ2) is 7.09. The summed E-state index contributed by atoms with van der Waals surface area (Å²) >= 11 is 0. The highest BCUT2D eigenvalue weighted by atomic mass is 19.2. The molecular weight excluding hydrogens is 331 g/mol. The molecule has 3 rings (SSSR count). The predicted molar refractivity (Wildman–Crippen MR) is 87.2 cm³/mol. The van der Waals surface area contributed by atoms with Gasteiger partial charge in [-0.25, -0.2) is 13.2 Å². The van der Waals surface area contributed by atoms with E-state index in [0.717, 1.165) is 0 Å². The fourth-order valence-corrected chi connectivity index (χ4v) is 2.16. The molecule has 0 bridgehead atoms. The van der Waals surface area contributed by atoms with E-state index in [-0.39, 0.29) is 5.56 Å². The highest BCUT2D eigenvalue weighted by molar-refractivity contribution is 6.05. The minimum atomic E-state index is -1.62. The molecule has 0 aromatic heterocycles. The molecule has 0 saturated carbocycles. The summed E-state index contributed by atoms with van der Waals surface area (Å²) in [6, 6.07) is 16.8. The number of rotatable bonds is 4. The molecule has 1 N–H and O–H groups in total. The molecule has 0 radical (unpaired) electrons. The quantitative estimate of drug-likeness (QED) is 0.666. The van der Waals surface area contributed by atoms with Gasteiger partial charge in [0.15, 0.2) is 23.2 Å². The summed E-state index contributed by atoms with van der Waals surface area (Å²) in [4.78, 5) is 12.2. The van der Waals surface area contributed by atoms with Gasteiger partial charge in [0.05, 0.1) is 5.69 Å². The molecule has 0 aliphatic heterocycles. The van der Waals surface area contributed by atoms with Crippen LogP contribution < -0.4 is 10.1 Å². The van der Waals surface area contributed by atoms with Gasteiger partial charge in [-0.3, -0.25) is 4.79 Å². The Morgan fingerprint density at radius 1 is 0.840 bits per heavy atom. The zero-order valence-corrected chi connectivity index (χ0v) is 12.8. The Morgan fingerprint density at radius 2 is 1.44 bits per heavy atom. The zero-order valence-electron chi connectivity index (χ0n) is 12.8. The van der Waals surface area contributed by atoms with Gasteiger partial charge in [-0.1, -0.05) is 30.3 Å². The summed E-state index contributed by atoms with van der Waals surface area (Å²) in [7, 11) is 0. The molecule has 25 heavy (non-hydrogen) atoms. The molecular formula is C19H12F3NO2. The number of benzene rings is 3. The molecule has 0 aliphatic carbocycles. The number of amides is 1. The molecule has 3 aromatic carbocycles. The number of para-hydroxylation sites is 3. The average molecular weight is 343 g/mol. The largest absolute Gasteiger partial charge is 0.455 e. The van der Waals surface area contributed by atoms with Crippen LogP contribution in [0.5, 0.6) is 11.5 Å². The molecule has 3 aromatic rings. The topological polar surface area (TPSA) is 38.3 Å². The molecule has 0 heterocycles. The smallest absolute Gasteiger partial charge is 0.255 e. The van der Waals surface area contributed by atoms with Gasteiger partial charge in [-0.05, 0) is 36.4 Å². The van der Waals surface area contributed by atoms with Crippen LogP contribution in [-0.4, -0.2) is 5.91 Å². The Kier molecular flexibility index (Phi) is 4.70. The first-order chi connectivity index (χ1) is 12.0. The number of ether oxygens (including phenoxy) is 1. The SMILES string of the molecule is O=C(Nc1ccccc1Oc1ccccc1)c1cc(F)c(F)c(F)c1. The van der Waals surface area contributed by atoms with E-state index in [0.29, 0.717) is 29.3 Å². The summed E-state index contributed by atoms with van der Waals surface area (Å²) in [5.41, 5.74) is -0.0348. The van der Waals surface area contributed by atoms with Crippen molar-refractivity contribution in [3.63, 3.8) is 0 Å². The zero-order chi connectivity index (χ0) is 17.8. The lowest BCUT2D eigenvalue weighted by Crippen LogP contribution is -2.13. The normalized spacial score (nSPS) is 10.4. The van der Waals surface area contributed by atoms with Gasteiger partial charge in [0.2, 0.25) is 0 Å². The van der Waals surface area contributed by atoms with Crippen LogP contribution in [0.3, 0.4) is 0 Å². The van der Waals surface area contributed by atoms with E-state index >= 15 is 0 Å². The number of halogens is 3. The van der Waals surface area contributed by atoms with Crippen LogP contribution in [0.4, 0.5) is 18.9 Å². The van der Waals surface area contributed by atoms with Crippen LogP contribution in [-0.2, 0) is 0 Å². The first kappa shape index (κ1) is 16.6. The van der Waals surface area contributed by atoms with Crippen molar-refractivity contribution in [2.24, 2.45) is 0 Å². The fourth-order valence-electron chi connectivity index (χ4n) is 2.16. The van der Waals surface area contributed by atoms with Gasteiger partial charge in [0, 0.05) is 5.56 Å². The predicted octanol–water partition coefficient (Wildman–Crippen LogP) is 5.15. The minimum Gasteiger partial charge on any atom is -0.455 e. The Hall–Kier alpha value is -3.28. The van der Waals surface area contributed by atoms with Crippen LogP contribution in [0.2, 0.25) is 0 Å². The lowest BCUT2D eigenvalue weighted by molar-refractivity contribution is 0.102. The maximum atomic E-state index is 13.3. The Bertz CT molecular complexity index is 891. The molecule has 0 unspecified atom stereocenters. The Labute approximate surface area is 141 Å². The molecule has 0 aliphatic rings. The number of carbonyl (C=O) groups excluding carboxylic acids is 1. The van der Waals surface area contributed by atoms with Crippen LogP contribution in [0.1, 0.15) is 10.4 Å². The van der Waals surface area contributed by atoms with Crippen LogP contribution in [0.15, 0.2) is 66.7 Å². The summed E-state index contributed by atoms with van der Waals surface area (Å²) in [5.74, 6) is -4.36. The van der Waals surface area contributed by atoms with E-state index in [1.807, 2.05) is 6.07 Å². The second-order valence-electron chi connectivity index (χ2n) is 5.12. The third kappa shape index (κ3) is 3.80. The average Bonchev–Trinajstić information content (AvgIpc) is 2.61. The number of hydrogen-bond acceptors (Lipinski definition) is 2. The fraction of sp³-hybridized carbons (Fsp3) is 0. The van der Waals surface area contributed by atoms with Crippen LogP contribution in [0.25, 0.3) is 0 Å². The van der Waals surface area contributed by atoms with Crippen molar-refractivity contribution in [1.82, 2.24) is 0 Å². The van der Waals surface area contributed by atoms with E-state index in [9.17, 15) is 18.0 Å². The van der Waals surface area contributed by atoms with Gasteiger partial charge in [0.25, 0.3) is 5.91 Å². The summed E-state index contributed by atoms with van der Waals surface area (Å²) in [6.45, 7) is 0. The summed E-state index contributed by atoms with van der Waals surface area (Å²) in [6.07, 6.45) is 0. The minimum absolute atomic E-state index is 0.307. The van der Waals surface area contributed by atoms with Gasteiger partial charge in [0.1, 0.15) is 5.75 Å². The van der Waals surface area contributed by atoms with E-state index in [1.165, 1.54) is 0 Å². The first-order valence-corrected chi connectivity index (χ1v) is 7.32. The molecule has 0 atom stereocenters. The van der Waals surface area contributed by atoms with Crippen molar-refractivity contribution in [2.75, 3.05) is 5.32 Å². The molecule has 126 valence electrons. The number of hydrogen-bond donors (Lipinski definition) is 1. The van der Waals surface area contributed by atoms with Crippen molar-refractivity contribution in [1.29, 1.82) is 0 Å². The van der Waals surface area contributed by atoms with E-state index in [2.05, 4.69) is 5.32 Å². The third-order valence-electron chi connectivity index (χ3n) is 3.35. The van der Waals surface area contributed by atoms with Gasteiger partial charge >= 0.3 is 0 Å². The Morgan fingerprint density at radius 3 is 2.12 bits per heavy atom. The molecule has 0 saturated heterocycles. The number of carbonyl (C=O) groups is 1. The van der Waals surface area contributed by atoms with E-state index in [1.54, 1.807) is 48.5 Å². The van der Waals surface area contributed by atoms with E-state index in [4.69, 9.17) is 4.74 Å². The van der Waals surface area contributed by atoms with Gasteiger partial charge < -0.3 is 10.1 Å². The van der Waals surface area contributed by atoms with Gasteiger partial charge in [-0.2, -0.15) is 0 Å². The lowest BCUT2D eigenvalue weighted by Gasteiger charge is -2.12. The molecule has 6 heteroatoms. The molecule has 1 amide bonds. The van der Waals surface area contributed by atoms with Crippen molar-refractivity contribution in [2.45, 2.75) is 0 Å². The van der Waals surface area contributed by atoms with Crippen LogP contribution in [0, 0.1) is 17.5 Å². The third-order valence-corrected chi connectivity index (χ3v) is 3.35. The monoisotopic (exact) mass is 343 g/mol. The maximum Gasteiger partial charge on any atom is 0.255 e. The number of nitrogens with one attached hydrogen (secondary N) is 1. The van der Waals surface area contributed by atoms with Gasteiger partial charge in [-0.15, -0.1) is 0 Å². The molecule has 3 nitrogen and oxygen atoms in total. The van der Waals surface area contributed by atoms with Crippen molar-refractivity contribution in [3.8, 4) is 11.5 Å². The number of anilines is 1. The standard InChI is InChI=1S/C19H12F3NO2/c20-14-10-12(11-15(21)18(14)22)19(24)23-16-8-4-5-9-17(16)25-13-6-2-1-3-7-13/h1-11H,(H,23,24).